The van der Waals surface area contributed by atoms with Crippen LogP contribution in [0.3, 0.4) is 0 Å². The summed E-state index contributed by atoms with van der Waals surface area (Å²) in [5.41, 5.74) is 3.71. The smallest absolute Gasteiger partial charge is 0.167 e. The van der Waals surface area contributed by atoms with E-state index in [2.05, 4.69) is 16.5 Å². The van der Waals surface area contributed by atoms with Crippen LogP contribution in [-0.2, 0) is 4.79 Å². The summed E-state index contributed by atoms with van der Waals surface area (Å²) in [5, 5.41) is 10.5. The number of imidazole rings is 1. The lowest BCUT2D eigenvalue weighted by Gasteiger charge is -2.22. The molecule has 0 spiro atoms. The fraction of sp³-hybridized carbons (Fsp3) is 0.368. The molecule has 0 unspecified atom stereocenters. The Kier molecular flexibility index (Phi) is 3.63. The number of hydrogen-bond donors (Lipinski definition) is 2. The average Bonchev–Trinajstić information content (AvgIpc) is 3.20. The zero-order valence-electron chi connectivity index (χ0n) is 13.6. The van der Waals surface area contributed by atoms with Crippen molar-refractivity contribution >= 4 is 22.5 Å². The molecule has 0 atom stereocenters. The van der Waals surface area contributed by atoms with Crippen LogP contribution in [0.15, 0.2) is 48.1 Å². The van der Waals surface area contributed by atoms with Crippen molar-refractivity contribution in [1.29, 1.82) is 0 Å². The third kappa shape index (κ3) is 2.40. The van der Waals surface area contributed by atoms with Crippen molar-refractivity contribution in [3.8, 4) is 0 Å². The van der Waals surface area contributed by atoms with E-state index in [1.807, 2.05) is 23.1 Å². The van der Waals surface area contributed by atoms with Crippen LogP contribution in [-0.4, -0.2) is 27.4 Å². The number of fused-ring (bicyclic) bond motifs is 1. The Hall–Kier alpha value is -2.56. The Bertz CT molecular complexity index is 843. The summed E-state index contributed by atoms with van der Waals surface area (Å²) in [5.74, 6) is 0.201. The van der Waals surface area contributed by atoms with Gasteiger partial charge in [-0.3, -0.25) is 4.79 Å². The molecule has 4 rings (SSSR count). The van der Waals surface area contributed by atoms with Crippen LogP contribution in [0.25, 0.3) is 11.0 Å². The number of carbonyl (C=O) groups is 1. The van der Waals surface area contributed by atoms with E-state index in [0.29, 0.717) is 17.8 Å². The molecule has 1 aliphatic heterocycles. The molecule has 1 aliphatic carbocycles. The number of benzene rings is 1. The number of rotatable bonds is 3. The lowest BCUT2D eigenvalue weighted by atomic mass is 9.83. The largest absolute Gasteiger partial charge is 0.505 e. The second kappa shape index (κ2) is 5.82. The lowest BCUT2D eigenvalue weighted by molar-refractivity contribution is -0.120. The van der Waals surface area contributed by atoms with Gasteiger partial charge in [-0.1, -0.05) is 25.8 Å². The molecule has 2 N–H and O–H groups in total. The molecule has 1 aromatic carbocycles. The molecule has 1 saturated carbocycles. The number of aromatic nitrogens is 2. The number of aromatic amines is 1. The van der Waals surface area contributed by atoms with Crippen molar-refractivity contribution in [3.05, 3.63) is 48.1 Å². The van der Waals surface area contributed by atoms with E-state index in [-0.39, 0.29) is 17.5 Å². The first-order valence-corrected chi connectivity index (χ1v) is 8.51. The van der Waals surface area contributed by atoms with Crippen LogP contribution in [0.1, 0.15) is 32.1 Å². The van der Waals surface area contributed by atoms with Crippen molar-refractivity contribution in [1.82, 2.24) is 9.97 Å². The van der Waals surface area contributed by atoms with Gasteiger partial charge in [-0.2, -0.15) is 0 Å². The number of carbonyl (C=O) groups excluding carboxylic acids is 1. The Morgan fingerprint density at radius 3 is 2.88 bits per heavy atom. The van der Waals surface area contributed by atoms with Crippen LogP contribution in [0.5, 0.6) is 0 Å². The van der Waals surface area contributed by atoms with E-state index in [0.717, 1.165) is 42.4 Å². The molecule has 5 heteroatoms. The third-order valence-corrected chi connectivity index (χ3v) is 5.19. The van der Waals surface area contributed by atoms with Crippen LogP contribution in [0.2, 0.25) is 0 Å². The molecular formula is C19H21N3O2. The van der Waals surface area contributed by atoms with E-state index >= 15 is 0 Å². The maximum atomic E-state index is 12.8. The summed E-state index contributed by atoms with van der Waals surface area (Å²) in [4.78, 5) is 22.0. The first-order chi connectivity index (χ1) is 11.6. The number of ketones is 1. The summed E-state index contributed by atoms with van der Waals surface area (Å²) in [6.45, 7) is 4.37. The Balaban J connectivity index is 1.60. The van der Waals surface area contributed by atoms with Gasteiger partial charge in [-0.05, 0) is 31.0 Å². The normalized spacial score (nSPS) is 19.5. The highest BCUT2D eigenvalue weighted by atomic mass is 16.3. The maximum absolute atomic E-state index is 12.8. The number of aliphatic hydroxyl groups is 1. The van der Waals surface area contributed by atoms with Crippen molar-refractivity contribution in [3.63, 3.8) is 0 Å². The Morgan fingerprint density at radius 1 is 1.29 bits per heavy atom. The van der Waals surface area contributed by atoms with Gasteiger partial charge in [-0.25, -0.2) is 4.98 Å². The second-order valence-electron chi connectivity index (χ2n) is 6.66. The van der Waals surface area contributed by atoms with Gasteiger partial charge in [0.1, 0.15) is 5.76 Å². The topological polar surface area (TPSA) is 69.2 Å². The molecule has 1 fully saturated rings. The number of anilines is 1. The predicted octanol–water partition coefficient (Wildman–Crippen LogP) is 3.86. The monoisotopic (exact) mass is 323 g/mol. The van der Waals surface area contributed by atoms with Crippen molar-refractivity contribution in [2.75, 3.05) is 11.4 Å². The fourth-order valence-corrected chi connectivity index (χ4v) is 3.77. The first-order valence-electron chi connectivity index (χ1n) is 8.51. The highest BCUT2D eigenvalue weighted by Gasteiger charge is 2.34. The van der Waals surface area contributed by atoms with Crippen LogP contribution in [0.4, 0.5) is 5.69 Å². The summed E-state index contributed by atoms with van der Waals surface area (Å²) < 4.78 is 0. The number of nitrogens with one attached hydrogen (secondary N) is 1. The van der Waals surface area contributed by atoms with Gasteiger partial charge < -0.3 is 15.0 Å². The zero-order valence-corrected chi connectivity index (χ0v) is 13.6. The van der Waals surface area contributed by atoms with E-state index in [9.17, 15) is 9.90 Å². The molecule has 124 valence electrons. The molecule has 2 aromatic rings. The van der Waals surface area contributed by atoms with Gasteiger partial charge in [0.2, 0.25) is 0 Å². The number of Topliss-reactive ketones (excluding diaryl/α,β-unsaturated/α-hetero) is 1. The Labute approximate surface area is 140 Å². The predicted molar refractivity (Wildman–Crippen MR) is 93.8 cm³/mol. The number of nitrogens with zero attached hydrogens (tertiary/aromatic N) is 2. The minimum absolute atomic E-state index is 0.0512. The highest BCUT2D eigenvalue weighted by Crippen LogP contribution is 2.35. The van der Waals surface area contributed by atoms with Crippen LogP contribution >= 0.6 is 0 Å². The molecule has 1 aromatic heterocycles. The molecule has 0 saturated heterocycles. The van der Waals surface area contributed by atoms with Crippen LogP contribution < -0.4 is 4.90 Å². The number of H-pyrrole nitrogens is 1. The van der Waals surface area contributed by atoms with Gasteiger partial charge >= 0.3 is 0 Å². The third-order valence-electron chi connectivity index (χ3n) is 5.19. The summed E-state index contributed by atoms with van der Waals surface area (Å²) in [6, 6.07) is 5.83. The zero-order chi connectivity index (χ0) is 16.7. The number of hydrogen-bond acceptors (Lipinski definition) is 4. The van der Waals surface area contributed by atoms with E-state index in [1.54, 1.807) is 6.33 Å². The van der Waals surface area contributed by atoms with E-state index in [4.69, 9.17) is 0 Å². The summed E-state index contributed by atoms with van der Waals surface area (Å²) in [7, 11) is 0. The molecule has 0 radical (unpaired) electrons. The van der Waals surface area contributed by atoms with Gasteiger partial charge in [0.25, 0.3) is 0 Å². The highest BCUT2D eigenvalue weighted by molar-refractivity contribution is 6.00. The SMILES string of the molecule is C=C1C(O)=C(C(=O)C2CCCCC2)CN1c1ccc2nc[nH]c2c1. The molecular weight excluding hydrogens is 302 g/mol. The standard InChI is InChI=1S/C19H21N3O2/c1-12-18(23)15(19(24)13-5-3-2-4-6-13)10-22(12)14-7-8-16-17(9-14)21-11-20-16/h7-9,11,13,23H,1-6,10H2,(H,20,21). The summed E-state index contributed by atoms with van der Waals surface area (Å²) >= 11 is 0. The quantitative estimate of drug-likeness (QED) is 0.900. The maximum Gasteiger partial charge on any atom is 0.167 e. The van der Waals surface area contributed by atoms with E-state index < -0.39 is 0 Å². The molecule has 2 aliphatic rings. The van der Waals surface area contributed by atoms with Crippen LogP contribution in [0, 0.1) is 5.92 Å². The molecule has 0 bridgehead atoms. The Morgan fingerprint density at radius 2 is 2.08 bits per heavy atom. The summed E-state index contributed by atoms with van der Waals surface area (Å²) in [6.07, 6.45) is 6.93. The molecule has 0 amide bonds. The number of aliphatic hydroxyl groups excluding tert-OH is 1. The second-order valence-corrected chi connectivity index (χ2v) is 6.66. The minimum atomic E-state index is 0.0512. The van der Waals surface area contributed by atoms with E-state index in [1.165, 1.54) is 6.42 Å². The molecule has 24 heavy (non-hydrogen) atoms. The molecule has 5 nitrogen and oxygen atoms in total. The van der Waals surface area contributed by atoms with Crippen molar-refractivity contribution in [2.24, 2.45) is 5.92 Å². The van der Waals surface area contributed by atoms with Crippen molar-refractivity contribution < 1.29 is 9.90 Å². The van der Waals surface area contributed by atoms with Gasteiger partial charge in [0.05, 0.1) is 35.2 Å². The van der Waals surface area contributed by atoms with Crippen molar-refractivity contribution in [2.45, 2.75) is 32.1 Å². The lowest BCUT2D eigenvalue weighted by Crippen LogP contribution is -2.24. The fourth-order valence-electron chi connectivity index (χ4n) is 3.77. The van der Waals surface area contributed by atoms with Gasteiger partial charge in [0, 0.05) is 11.6 Å². The first kappa shape index (κ1) is 15.0. The van der Waals surface area contributed by atoms with Gasteiger partial charge in [-0.15, -0.1) is 0 Å². The molecule has 2 heterocycles. The van der Waals surface area contributed by atoms with Gasteiger partial charge in [0.15, 0.2) is 5.78 Å². The minimum Gasteiger partial charge on any atom is -0.505 e. The average molecular weight is 323 g/mol.